The number of nitrogens with zero attached hydrogens (tertiary/aromatic N) is 7. The molecule has 0 amide bonds. The monoisotopic (exact) mass is 584 g/mol. The molecule has 1 spiro atoms. The van der Waals surface area contributed by atoms with E-state index in [1.165, 1.54) is 22.5 Å². The maximum Gasteiger partial charge on any atom is 0.226 e. The lowest BCUT2D eigenvalue weighted by Crippen LogP contribution is -2.38. The van der Waals surface area contributed by atoms with Crippen LogP contribution in [0.1, 0.15) is 72.7 Å². The summed E-state index contributed by atoms with van der Waals surface area (Å²) < 4.78 is 18.5. The van der Waals surface area contributed by atoms with Crippen LogP contribution in [-0.4, -0.2) is 55.7 Å². The van der Waals surface area contributed by atoms with Crippen LogP contribution in [0.3, 0.4) is 0 Å². The molecule has 12 heteroatoms. The van der Waals surface area contributed by atoms with Crippen LogP contribution in [0.5, 0.6) is 17.5 Å². The van der Waals surface area contributed by atoms with Gasteiger partial charge < -0.3 is 19.7 Å². The zero-order valence-corrected chi connectivity index (χ0v) is 24.5. The highest BCUT2D eigenvalue weighted by Gasteiger charge is 2.48. The van der Waals surface area contributed by atoms with E-state index in [-0.39, 0.29) is 6.10 Å². The van der Waals surface area contributed by atoms with Crippen molar-refractivity contribution in [1.29, 1.82) is 5.26 Å². The Labute approximate surface area is 247 Å². The van der Waals surface area contributed by atoms with Gasteiger partial charge in [0, 0.05) is 21.9 Å². The van der Waals surface area contributed by atoms with Crippen LogP contribution in [0.2, 0.25) is 0 Å². The molecule has 3 aliphatic rings. The molecule has 42 heavy (non-hydrogen) atoms. The van der Waals surface area contributed by atoms with E-state index in [9.17, 15) is 5.26 Å². The summed E-state index contributed by atoms with van der Waals surface area (Å²) in [5.74, 6) is 1.99. The van der Waals surface area contributed by atoms with Crippen molar-refractivity contribution in [3.05, 3.63) is 52.0 Å². The standard InChI is InChI=1S/C30H32N8O3S/c1-17(21-7-5-11-38(21)2)39-23-12-24(40-18-14-33-16-34-15-18)36-29(35-23)26-19-6-3-9-30(27(19)37-41-26)10-4-8-22-25(30)20(13-31)28(32)42-22/h12,14-17,21H,3-11,32H2,1-2H3/t17-,21-,30-/m0/s1. The largest absolute Gasteiger partial charge is 0.473 e. The van der Waals surface area contributed by atoms with Crippen molar-refractivity contribution in [2.75, 3.05) is 19.3 Å². The average Bonchev–Trinajstić information content (AvgIpc) is 3.70. The van der Waals surface area contributed by atoms with Crippen LogP contribution in [0.15, 0.2) is 29.3 Å². The summed E-state index contributed by atoms with van der Waals surface area (Å²) >= 11 is 1.53. The summed E-state index contributed by atoms with van der Waals surface area (Å²) in [5, 5.41) is 15.3. The van der Waals surface area contributed by atoms with E-state index in [1.807, 2.05) is 0 Å². The van der Waals surface area contributed by atoms with Crippen LogP contribution in [0, 0.1) is 11.3 Å². The first kappa shape index (κ1) is 26.8. The van der Waals surface area contributed by atoms with Gasteiger partial charge in [-0.3, -0.25) is 4.90 Å². The topological polar surface area (TPSA) is 149 Å². The maximum absolute atomic E-state index is 10.0. The summed E-state index contributed by atoms with van der Waals surface area (Å²) in [6, 6.07) is 4.36. The van der Waals surface area contributed by atoms with Gasteiger partial charge in [0.1, 0.15) is 23.5 Å². The van der Waals surface area contributed by atoms with Gasteiger partial charge in [-0.25, -0.2) is 9.97 Å². The lowest BCUT2D eigenvalue weighted by molar-refractivity contribution is 0.116. The molecule has 0 saturated carbocycles. The van der Waals surface area contributed by atoms with E-state index in [2.05, 4.69) is 40.1 Å². The van der Waals surface area contributed by atoms with E-state index >= 15 is 0 Å². The fourth-order valence-corrected chi connectivity index (χ4v) is 8.27. The minimum absolute atomic E-state index is 0.0887. The minimum atomic E-state index is -0.404. The molecule has 0 radical (unpaired) electrons. The normalized spacial score (nSPS) is 22.4. The Bertz CT molecular complexity index is 1660. The van der Waals surface area contributed by atoms with Crippen molar-refractivity contribution < 1.29 is 14.0 Å². The van der Waals surface area contributed by atoms with Crippen molar-refractivity contribution in [2.45, 2.75) is 75.9 Å². The molecule has 0 aromatic carbocycles. The fourth-order valence-electron chi connectivity index (χ4n) is 7.11. The molecule has 3 atom stereocenters. The summed E-state index contributed by atoms with van der Waals surface area (Å²) in [6.45, 7) is 3.12. The Morgan fingerprint density at radius 1 is 1.17 bits per heavy atom. The first-order chi connectivity index (χ1) is 20.5. The number of likely N-dealkylation sites (N-methyl/N-ethyl adjacent to an activating group) is 1. The number of rotatable bonds is 6. The van der Waals surface area contributed by atoms with Crippen LogP contribution in [0.4, 0.5) is 5.00 Å². The zero-order chi connectivity index (χ0) is 28.8. The number of aromatic nitrogens is 5. The van der Waals surface area contributed by atoms with Gasteiger partial charge in [-0.2, -0.15) is 15.2 Å². The molecular formula is C30H32N8O3S. The molecule has 1 fully saturated rings. The van der Waals surface area contributed by atoms with Crippen molar-refractivity contribution in [3.63, 3.8) is 0 Å². The first-order valence-electron chi connectivity index (χ1n) is 14.5. The molecule has 11 nitrogen and oxygen atoms in total. The van der Waals surface area contributed by atoms with Crippen molar-refractivity contribution in [3.8, 4) is 35.2 Å². The van der Waals surface area contributed by atoms with Gasteiger partial charge in [-0.15, -0.1) is 11.3 Å². The van der Waals surface area contributed by atoms with Gasteiger partial charge in [0.05, 0.1) is 29.7 Å². The SMILES string of the molecule is C[C@H](Oc1cc(Oc2cncnc2)nc(-c2onc3c2CCC[C@@]32CCCc3sc(N)c(C#N)c32)n1)[C@@H]1CCCN1C. The number of thiophene rings is 1. The second-order valence-electron chi connectivity index (χ2n) is 11.4. The summed E-state index contributed by atoms with van der Waals surface area (Å²) in [5.41, 5.74) is 9.39. The molecule has 4 aromatic rings. The van der Waals surface area contributed by atoms with Gasteiger partial charge in [0.15, 0.2) is 5.75 Å². The highest BCUT2D eigenvalue weighted by Crippen LogP contribution is 2.54. The van der Waals surface area contributed by atoms with Crippen LogP contribution < -0.4 is 15.2 Å². The zero-order valence-electron chi connectivity index (χ0n) is 23.7. The Morgan fingerprint density at radius 2 is 1.95 bits per heavy atom. The van der Waals surface area contributed by atoms with Crippen molar-refractivity contribution in [2.24, 2.45) is 0 Å². The lowest BCUT2D eigenvalue weighted by Gasteiger charge is -2.39. The Hall–Kier alpha value is -4.08. The first-order valence-corrected chi connectivity index (χ1v) is 15.3. The maximum atomic E-state index is 10.0. The molecule has 1 saturated heterocycles. The smallest absolute Gasteiger partial charge is 0.226 e. The number of nitrogens with two attached hydrogens (primary N) is 1. The highest BCUT2D eigenvalue weighted by atomic mass is 32.1. The summed E-state index contributed by atoms with van der Waals surface area (Å²) in [6.07, 6.45) is 12.1. The Kier molecular flexibility index (Phi) is 6.79. The highest BCUT2D eigenvalue weighted by molar-refractivity contribution is 7.16. The quantitative estimate of drug-likeness (QED) is 0.324. The number of likely N-dealkylation sites (tertiary alicyclic amines) is 1. The molecule has 5 heterocycles. The van der Waals surface area contributed by atoms with Crippen LogP contribution in [-0.2, 0) is 18.3 Å². The molecule has 0 unspecified atom stereocenters. The Morgan fingerprint density at radius 3 is 2.71 bits per heavy atom. The van der Waals surface area contributed by atoms with E-state index in [4.69, 9.17) is 29.7 Å². The van der Waals surface area contributed by atoms with Gasteiger partial charge in [0.2, 0.25) is 23.3 Å². The summed E-state index contributed by atoms with van der Waals surface area (Å²) in [4.78, 5) is 21.1. The van der Waals surface area contributed by atoms with Crippen LogP contribution in [0.25, 0.3) is 11.6 Å². The molecule has 216 valence electrons. The molecule has 1 aliphatic heterocycles. The number of fused-ring (bicyclic) bond motifs is 4. The molecular weight excluding hydrogens is 552 g/mol. The predicted molar refractivity (Wildman–Crippen MR) is 155 cm³/mol. The third-order valence-corrected chi connectivity index (χ3v) is 10.0. The third kappa shape index (κ3) is 4.48. The van der Waals surface area contributed by atoms with Gasteiger partial charge >= 0.3 is 0 Å². The summed E-state index contributed by atoms with van der Waals surface area (Å²) in [7, 11) is 2.12. The fraction of sp³-hybridized carbons (Fsp3) is 0.467. The number of ether oxygens (including phenoxy) is 2. The van der Waals surface area contributed by atoms with Gasteiger partial charge in [-0.1, -0.05) is 5.16 Å². The molecule has 2 aliphatic carbocycles. The van der Waals surface area contributed by atoms with Gasteiger partial charge in [0.25, 0.3) is 0 Å². The lowest BCUT2D eigenvalue weighted by atomic mass is 9.62. The van der Waals surface area contributed by atoms with Gasteiger partial charge in [-0.05, 0) is 77.4 Å². The van der Waals surface area contributed by atoms with Crippen molar-refractivity contribution >= 4 is 16.3 Å². The van der Waals surface area contributed by atoms with E-state index < -0.39 is 5.41 Å². The molecule has 7 rings (SSSR count). The second-order valence-corrected chi connectivity index (χ2v) is 12.6. The van der Waals surface area contributed by atoms with Crippen molar-refractivity contribution in [1.82, 2.24) is 30.0 Å². The number of anilines is 1. The van der Waals surface area contributed by atoms with E-state index in [0.29, 0.717) is 45.7 Å². The Balaban J connectivity index is 1.31. The predicted octanol–water partition coefficient (Wildman–Crippen LogP) is 5.05. The number of hydrogen-bond donors (Lipinski definition) is 1. The third-order valence-electron chi connectivity index (χ3n) is 8.94. The molecule has 2 N–H and O–H groups in total. The number of nitrogen functional groups attached to an aromatic ring is 1. The van der Waals surface area contributed by atoms with Crippen LogP contribution >= 0.6 is 11.3 Å². The number of aryl methyl sites for hydroxylation is 1. The van der Waals surface area contributed by atoms with E-state index in [0.717, 1.165) is 74.7 Å². The average molecular weight is 585 g/mol. The van der Waals surface area contributed by atoms with E-state index in [1.54, 1.807) is 18.5 Å². The second kappa shape index (κ2) is 10.6. The number of nitriles is 1. The minimum Gasteiger partial charge on any atom is -0.473 e. The molecule has 4 aromatic heterocycles. The molecule has 0 bridgehead atoms. The number of hydrogen-bond acceptors (Lipinski definition) is 12.